The molecule has 0 aliphatic carbocycles. The molecule has 1 N–H and O–H groups in total. The zero-order chi connectivity index (χ0) is 15.6. The number of benzene rings is 3. The number of aromatic nitrogens is 1. The average Bonchev–Trinajstić information content (AvgIpc) is 3.06. The van der Waals surface area contributed by atoms with Crippen molar-refractivity contribution < 1.29 is 4.79 Å². The number of ketones is 1. The maximum absolute atomic E-state index is 12.6. The summed E-state index contributed by atoms with van der Waals surface area (Å²) < 4.78 is 0. The second-order valence-corrected chi connectivity index (χ2v) is 5.55. The zero-order valence-corrected chi connectivity index (χ0v) is 12.5. The standard InChI is InChI=1S/C21H15NO/c23-21(16-9-5-2-6-10-16)17-11-12-19-18(13-17)14-20(22-19)15-7-3-1-4-8-15/h1-14,22H. The van der Waals surface area contributed by atoms with Gasteiger partial charge in [-0.25, -0.2) is 0 Å². The molecule has 0 saturated carbocycles. The SMILES string of the molecule is O=C(c1ccccc1)c1ccc2[nH]c(-c3ccccc3)cc2c1. The van der Waals surface area contributed by atoms with Crippen molar-refractivity contribution in [2.75, 3.05) is 0 Å². The summed E-state index contributed by atoms with van der Waals surface area (Å²) in [4.78, 5) is 16.0. The summed E-state index contributed by atoms with van der Waals surface area (Å²) in [6.45, 7) is 0. The van der Waals surface area contributed by atoms with Gasteiger partial charge in [0.2, 0.25) is 0 Å². The van der Waals surface area contributed by atoms with Crippen molar-refractivity contribution in [3.05, 3.63) is 96.1 Å². The molecule has 0 fully saturated rings. The molecular weight excluding hydrogens is 282 g/mol. The van der Waals surface area contributed by atoms with E-state index in [0.29, 0.717) is 11.1 Å². The Balaban J connectivity index is 1.75. The van der Waals surface area contributed by atoms with Crippen LogP contribution in [0.2, 0.25) is 0 Å². The van der Waals surface area contributed by atoms with Gasteiger partial charge in [-0.15, -0.1) is 0 Å². The highest BCUT2D eigenvalue weighted by Gasteiger charge is 2.10. The van der Waals surface area contributed by atoms with E-state index in [2.05, 4.69) is 23.2 Å². The third-order valence-corrected chi connectivity index (χ3v) is 4.00. The van der Waals surface area contributed by atoms with Gasteiger partial charge in [0.25, 0.3) is 0 Å². The number of carbonyl (C=O) groups is 1. The van der Waals surface area contributed by atoms with Gasteiger partial charge >= 0.3 is 0 Å². The lowest BCUT2D eigenvalue weighted by Gasteiger charge is -2.01. The molecule has 0 atom stereocenters. The van der Waals surface area contributed by atoms with E-state index < -0.39 is 0 Å². The number of carbonyl (C=O) groups excluding carboxylic acids is 1. The van der Waals surface area contributed by atoms with Crippen LogP contribution in [-0.4, -0.2) is 10.8 Å². The van der Waals surface area contributed by atoms with Crippen LogP contribution in [0.1, 0.15) is 15.9 Å². The quantitative estimate of drug-likeness (QED) is 0.526. The van der Waals surface area contributed by atoms with Crippen molar-refractivity contribution in [2.45, 2.75) is 0 Å². The first-order chi connectivity index (χ1) is 11.3. The molecule has 3 aromatic carbocycles. The van der Waals surface area contributed by atoms with E-state index in [9.17, 15) is 4.79 Å². The highest BCUT2D eigenvalue weighted by atomic mass is 16.1. The van der Waals surface area contributed by atoms with Crippen molar-refractivity contribution in [1.82, 2.24) is 4.98 Å². The molecule has 2 nitrogen and oxygen atoms in total. The molecule has 23 heavy (non-hydrogen) atoms. The molecule has 0 radical (unpaired) electrons. The number of rotatable bonds is 3. The third kappa shape index (κ3) is 2.55. The fraction of sp³-hybridized carbons (Fsp3) is 0. The van der Waals surface area contributed by atoms with Crippen molar-refractivity contribution in [3.63, 3.8) is 0 Å². The Morgan fingerprint density at radius 2 is 1.39 bits per heavy atom. The van der Waals surface area contributed by atoms with Crippen LogP contribution in [0, 0.1) is 0 Å². The first kappa shape index (κ1) is 13.5. The van der Waals surface area contributed by atoms with Gasteiger partial charge in [-0.1, -0.05) is 60.7 Å². The summed E-state index contributed by atoms with van der Waals surface area (Å²) in [5.41, 5.74) is 4.66. The molecule has 0 amide bonds. The normalized spacial score (nSPS) is 10.8. The van der Waals surface area contributed by atoms with Crippen LogP contribution in [0.15, 0.2) is 84.9 Å². The molecule has 1 heterocycles. The molecule has 4 aromatic rings. The largest absolute Gasteiger partial charge is 0.355 e. The van der Waals surface area contributed by atoms with Crippen LogP contribution in [-0.2, 0) is 0 Å². The van der Waals surface area contributed by atoms with Gasteiger partial charge < -0.3 is 4.98 Å². The number of hydrogen-bond donors (Lipinski definition) is 1. The number of fused-ring (bicyclic) bond motifs is 1. The summed E-state index contributed by atoms with van der Waals surface area (Å²) in [6, 6.07) is 27.4. The zero-order valence-electron chi connectivity index (χ0n) is 12.5. The molecule has 0 spiro atoms. The van der Waals surface area contributed by atoms with E-state index in [1.807, 2.05) is 66.7 Å². The lowest BCUT2D eigenvalue weighted by atomic mass is 10.0. The molecule has 1 aromatic heterocycles. The second kappa shape index (κ2) is 5.58. The van der Waals surface area contributed by atoms with Crippen molar-refractivity contribution in [2.24, 2.45) is 0 Å². The lowest BCUT2D eigenvalue weighted by molar-refractivity contribution is 0.103. The molecule has 2 heteroatoms. The monoisotopic (exact) mass is 297 g/mol. The molecule has 0 unspecified atom stereocenters. The number of hydrogen-bond acceptors (Lipinski definition) is 1. The highest BCUT2D eigenvalue weighted by Crippen LogP contribution is 2.25. The van der Waals surface area contributed by atoms with Crippen LogP contribution >= 0.6 is 0 Å². The van der Waals surface area contributed by atoms with E-state index in [1.54, 1.807) is 0 Å². The molecule has 0 bridgehead atoms. The smallest absolute Gasteiger partial charge is 0.193 e. The first-order valence-corrected chi connectivity index (χ1v) is 7.59. The van der Waals surface area contributed by atoms with E-state index >= 15 is 0 Å². The van der Waals surface area contributed by atoms with Gasteiger partial charge in [-0.3, -0.25) is 4.79 Å². The van der Waals surface area contributed by atoms with Gasteiger partial charge in [-0.05, 0) is 29.8 Å². The molecule has 4 rings (SSSR count). The summed E-state index contributed by atoms with van der Waals surface area (Å²) in [6.07, 6.45) is 0. The summed E-state index contributed by atoms with van der Waals surface area (Å²) in [5, 5.41) is 1.05. The van der Waals surface area contributed by atoms with Gasteiger partial charge in [0.15, 0.2) is 5.78 Å². The van der Waals surface area contributed by atoms with E-state index in [-0.39, 0.29) is 5.78 Å². The van der Waals surface area contributed by atoms with Crippen molar-refractivity contribution in [1.29, 1.82) is 0 Å². The predicted molar refractivity (Wildman–Crippen MR) is 93.6 cm³/mol. The number of nitrogens with one attached hydrogen (secondary N) is 1. The number of H-pyrrole nitrogens is 1. The van der Waals surface area contributed by atoms with Gasteiger partial charge in [0, 0.05) is 27.7 Å². The highest BCUT2D eigenvalue weighted by molar-refractivity contribution is 6.10. The minimum atomic E-state index is 0.0509. The summed E-state index contributed by atoms with van der Waals surface area (Å²) >= 11 is 0. The topological polar surface area (TPSA) is 32.9 Å². The molecule has 0 aliphatic heterocycles. The maximum atomic E-state index is 12.6. The van der Waals surface area contributed by atoms with Crippen LogP contribution in [0.25, 0.3) is 22.2 Å². The molecular formula is C21H15NO. The van der Waals surface area contributed by atoms with Gasteiger partial charge in [0.1, 0.15) is 0 Å². The Morgan fingerprint density at radius 1 is 0.696 bits per heavy atom. The molecule has 110 valence electrons. The average molecular weight is 297 g/mol. The van der Waals surface area contributed by atoms with E-state index in [4.69, 9.17) is 0 Å². The minimum absolute atomic E-state index is 0.0509. The fourth-order valence-electron chi connectivity index (χ4n) is 2.80. The Labute approximate surface area is 134 Å². The Bertz CT molecular complexity index is 969. The molecule has 0 aliphatic rings. The number of aromatic amines is 1. The Kier molecular flexibility index (Phi) is 3.28. The second-order valence-electron chi connectivity index (χ2n) is 5.55. The summed E-state index contributed by atoms with van der Waals surface area (Å²) in [5.74, 6) is 0.0509. The first-order valence-electron chi connectivity index (χ1n) is 7.59. The minimum Gasteiger partial charge on any atom is -0.355 e. The van der Waals surface area contributed by atoms with Crippen molar-refractivity contribution >= 4 is 16.7 Å². The van der Waals surface area contributed by atoms with Crippen LogP contribution < -0.4 is 0 Å². The fourth-order valence-corrected chi connectivity index (χ4v) is 2.80. The molecule has 0 saturated heterocycles. The van der Waals surface area contributed by atoms with Crippen molar-refractivity contribution in [3.8, 4) is 11.3 Å². The van der Waals surface area contributed by atoms with E-state index in [1.165, 1.54) is 0 Å². The summed E-state index contributed by atoms with van der Waals surface area (Å²) in [7, 11) is 0. The van der Waals surface area contributed by atoms with E-state index in [0.717, 1.165) is 22.2 Å². The van der Waals surface area contributed by atoms with Gasteiger partial charge in [-0.2, -0.15) is 0 Å². The Morgan fingerprint density at radius 3 is 2.13 bits per heavy atom. The maximum Gasteiger partial charge on any atom is 0.193 e. The Hall–Kier alpha value is -3.13. The predicted octanol–water partition coefficient (Wildman–Crippen LogP) is 5.07. The van der Waals surface area contributed by atoms with Gasteiger partial charge in [0.05, 0.1) is 0 Å². The van der Waals surface area contributed by atoms with Crippen LogP contribution in [0.4, 0.5) is 0 Å². The van der Waals surface area contributed by atoms with Crippen LogP contribution in [0.3, 0.4) is 0 Å². The van der Waals surface area contributed by atoms with Crippen LogP contribution in [0.5, 0.6) is 0 Å². The lowest BCUT2D eigenvalue weighted by Crippen LogP contribution is -2.00. The third-order valence-electron chi connectivity index (χ3n) is 4.00.